The van der Waals surface area contributed by atoms with Crippen molar-refractivity contribution in [1.29, 1.82) is 0 Å². The van der Waals surface area contributed by atoms with Crippen LogP contribution in [0.5, 0.6) is 0 Å². The number of anilines is 1. The van der Waals surface area contributed by atoms with Gasteiger partial charge in [-0.25, -0.2) is 0 Å². The van der Waals surface area contributed by atoms with Crippen molar-refractivity contribution in [3.8, 4) is 0 Å². The molecule has 3 rings (SSSR count). The first-order valence-electron chi connectivity index (χ1n) is 9.44. The van der Waals surface area contributed by atoms with Crippen molar-refractivity contribution in [2.24, 2.45) is 0 Å². The lowest BCUT2D eigenvalue weighted by Crippen LogP contribution is -2.31. The Hall–Kier alpha value is -2.66. The number of nitrogens with one attached hydrogen (secondary N) is 2. The Balaban J connectivity index is 1.61. The first-order chi connectivity index (χ1) is 13.0. The zero-order chi connectivity index (χ0) is 19.2. The highest BCUT2D eigenvalue weighted by molar-refractivity contribution is 6.06. The second-order valence-corrected chi connectivity index (χ2v) is 7.16. The lowest BCUT2D eigenvalue weighted by Gasteiger charge is -2.12. The van der Waals surface area contributed by atoms with E-state index in [0.717, 1.165) is 25.1 Å². The Labute approximate surface area is 160 Å². The number of rotatable bonds is 6. The van der Waals surface area contributed by atoms with Crippen LogP contribution in [0.25, 0.3) is 0 Å². The van der Waals surface area contributed by atoms with Gasteiger partial charge in [0.05, 0.1) is 6.10 Å². The van der Waals surface area contributed by atoms with Crippen molar-refractivity contribution in [3.05, 3.63) is 65.2 Å². The molecule has 1 aliphatic rings. The van der Waals surface area contributed by atoms with Crippen LogP contribution in [0.1, 0.15) is 58.9 Å². The van der Waals surface area contributed by atoms with Gasteiger partial charge in [0.1, 0.15) is 0 Å². The second-order valence-electron chi connectivity index (χ2n) is 7.16. The van der Waals surface area contributed by atoms with Crippen LogP contribution in [-0.2, 0) is 4.74 Å². The summed E-state index contributed by atoms with van der Waals surface area (Å²) < 4.78 is 5.51. The minimum Gasteiger partial charge on any atom is -0.376 e. The molecule has 0 aromatic heterocycles. The average Bonchev–Trinajstić information content (AvgIpc) is 3.20. The number of carbonyl (C=O) groups is 2. The third-order valence-electron chi connectivity index (χ3n) is 4.74. The van der Waals surface area contributed by atoms with Crippen LogP contribution in [0.4, 0.5) is 5.69 Å². The van der Waals surface area contributed by atoms with E-state index in [-0.39, 0.29) is 17.9 Å². The molecule has 5 nitrogen and oxygen atoms in total. The van der Waals surface area contributed by atoms with Gasteiger partial charge in [-0.3, -0.25) is 9.59 Å². The summed E-state index contributed by atoms with van der Waals surface area (Å²) in [5, 5.41) is 5.75. The molecule has 2 aromatic rings. The summed E-state index contributed by atoms with van der Waals surface area (Å²) in [6.07, 6.45) is 2.10. The van der Waals surface area contributed by atoms with Crippen LogP contribution in [0, 0.1) is 0 Å². The van der Waals surface area contributed by atoms with Gasteiger partial charge in [-0.2, -0.15) is 0 Å². The van der Waals surface area contributed by atoms with Gasteiger partial charge < -0.3 is 15.4 Å². The molecule has 2 N–H and O–H groups in total. The molecule has 0 bridgehead atoms. The van der Waals surface area contributed by atoms with Crippen molar-refractivity contribution in [3.63, 3.8) is 0 Å². The third kappa shape index (κ3) is 5.17. The lowest BCUT2D eigenvalue weighted by atomic mass is 10.0. The molecule has 1 unspecified atom stereocenters. The first-order valence-corrected chi connectivity index (χ1v) is 9.44. The van der Waals surface area contributed by atoms with Crippen molar-refractivity contribution in [2.45, 2.75) is 38.7 Å². The Bertz CT molecular complexity index is 793. The summed E-state index contributed by atoms with van der Waals surface area (Å²) >= 11 is 0. The Morgan fingerprint density at radius 1 is 1.07 bits per heavy atom. The van der Waals surface area contributed by atoms with E-state index in [1.807, 2.05) is 24.3 Å². The van der Waals surface area contributed by atoms with E-state index >= 15 is 0 Å². The van der Waals surface area contributed by atoms with Crippen LogP contribution in [0.15, 0.2) is 48.5 Å². The Kier molecular flexibility index (Phi) is 6.24. The fourth-order valence-corrected chi connectivity index (χ4v) is 3.07. The molecule has 0 radical (unpaired) electrons. The maximum atomic E-state index is 12.5. The van der Waals surface area contributed by atoms with E-state index in [1.54, 1.807) is 24.3 Å². The largest absolute Gasteiger partial charge is 0.376 e. The van der Waals surface area contributed by atoms with Crippen LogP contribution >= 0.6 is 0 Å². The minimum absolute atomic E-state index is 0.0919. The number of hydrogen-bond donors (Lipinski definition) is 2. The molecule has 2 amide bonds. The molecule has 1 fully saturated rings. The van der Waals surface area contributed by atoms with Crippen molar-refractivity contribution < 1.29 is 14.3 Å². The molecule has 0 saturated carbocycles. The quantitative estimate of drug-likeness (QED) is 0.813. The fraction of sp³-hybridized carbons (Fsp3) is 0.364. The number of hydrogen-bond acceptors (Lipinski definition) is 3. The van der Waals surface area contributed by atoms with Gasteiger partial charge in [0.15, 0.2) is 0 Å². The number of amides is 2. The normalized spacial score (nSPS) is 16.3. The zero-order valence-electron chi connectivity index (χ0n) is 15.8. The van der Waals surface area contributed by atoms with Crippen molar-refractivity contribution in [2.75, 3.05) is 18.5 Å². The van der Waals surface area contributed by atoms with Gasteiger partial charge in [0.25, 0.3) is 11.8 Å². The molecule has 2 aromatic carbocycles. The maximum Gasteiger partial charge on any atom is 0.255 e. The summed E-state index contributed by atoms with van der Waals surface area (Å²) in [4.78, 5) is 24.8. The minimum atomic E-state index is -0.235. The molecule has 1 heterocycles. The summed E-state index contributed by atoms with van der Waals surface area (Å²) in [7, 11) is 0. The zero-order valence-corrected chi connectivity index (χ0v) is 15.8. The molecule has 1 aliphatic heterocycles. The molecule has 1 atom stereocenters. The van der Waals surface area contributed by atoms with E-state index in [2.05, 4.69) is 24.5 Å². The van der Waals surface area contributed by atoms with Gasteiger partial charge in [0.2, 0.25) is 0 Å². The summed E-state index contributed by atoms with van der Waals surface area (Å²) in [6, 6.07) is 14.6. The third-order valence-corrected chi connectivity index (χ3v) is 4.74. The summed E-state index contributed by atoms with van der Waals surface area (Å²) in [5.41, 5.74) is 2.87. The predicted molar refractivity (Wildman–Crippen MR) is 106 cm³/mol. The van der Waals surface area contributed by atoms with E-state index in [9.17, 15) is 9.59 Å². The lowest BCUT2D eigenvalue weighted by molar-refractivity contribution is 0.0858. The van der Waals surface area contributed by atoms with Gasteiger partial charge >= 0.3 is 0 Å². The molecule has 27 heavy (non-hydrogen) atoms. The van der Waals surface area contributed by atoms with Gasteiger partial charge in [-0.1, -0.05) is 32.0 Å². The Morgan fingerprint density at radius 2 is 1.78 bits per heavy atom. The van der Waals surface area contributed by atoms with Crippen molar-refractivity contribution in [1.82, 2.24) is 5.32 Å². The molecule has 5 heteroatoms. The van der Waals surface area contributed by atoms with E-state index < -0.39 is 0 Å². The molecular formula is C22H26N2O3. The van der Waals surface area contributed by atoms with Crippen LogP contribution in [0.3, 0.4) is 0 Å². The van der Waals surface area contributed by atoms with E-state index in [0.29, 0.717) is 23.6 Å². The van der Waals surface area contributed by atoms with Gasteiger partial charge in [-0.05, 0) is 54.7 Å². The van der Waals surface area contributed by atoms with Crippen molar-refractivity contribution >= 4 is 17.5 Å². The average molecular weight is 366 g/mol. The number of carbonyl (C=O) groups excluding carboxylic acids is 2. The standard InChI is InChI=1S/C22H26N2O3/c1-15(2)16-8-10-19(11-9-16)24-22(26)18-6-3-5-17(13-18)21(25)23-14-20-7-4-12-27-20/h3,5-6,8-11,13,15,20H,4,7,12,14H2,1-2H3,(H,23,25)(H,24,26). The molecule has 1 saturated heterocycles. The number of benzene rings is 2. The fourth-order valence-electron chi connectivity index (χ4n) is 3.07. The SMILES string of the molecule is CC(C)c1ccc(NC(=O)c2cccc(C(=O)NCC3CCCO3)c2)cc1. The molecule has 0 spiro atoms. The van der Waals surface area contributed by atoms with Crippen LogP contribution in [0.2, 0.25) is 0 Å². The predicted octanol–water partition coefficient (Wildman–Crippen LogP) is 3.97. The van der Waals surface area contributed by atoms with E-state index in [1.165, 1.54) is 5.56 Å². The highest BCUT2D eigenvalue weighted by Crippen LogP contribution is 2.18. The van der Waals surface area contributed by atoms with Gasteiger partial charge in [-0.15, -0.1) is 0 Å². The highest BCUT2D eigenvalue weighted by atomic mass is 16.5. The number of ether oxygens (including phenoxy) is 1. The van der Waals surface area contributed by atoms with E-state index in [4.69, 9.17) is 4.74 Å². The first kappa shape index (κ1) is 19.1. The van der Waals surface area contributed by atoms with Gasteiger partial charge in [0, 0.05) is 30.0 Å². The topological polar surface area (TPSA) is 67.4 Å². The highest BCUT2D eigenvalue weighted by Gasteiger charge is 2.17. The summed E-state index contributed by atoms with van der Waals surface area (Å²) in [5.74, 6) is 0.0158. The smallest absolute Gasteiger partial charge is 0.255 e. The van der Waals surface area contributed by atoms with Crippen LogP contribution < -0.4 is 10.6 Å². The Morgan fingerprint density at radius 3 is 2.41 bits per heavy atom. The maximum absolute atomic E-state index is 12.5. The van der Waals surface area contributed by atoms with Crippen LogP contribution in [-0.4, -0.2) is 31.1 Å². The second kappa shape index (κ2) is 8.82. The molecule has 142 valence electrons. The molecular weight excluding hydrogens is 340 g/mol. The monoisotopic (exact) mass is 366 g/mol. The molecule has 0 aliphatic carbocycles. The summed E-state index contributed by atoms with van der Waals surface area (Å²) in [6.45, 7) is 5.51.